The van der Waals surface area contributed by atoms with Crippen LogP contribution < -0.4 is 10.2 Å². The van der Waals surface area contributed by atoms with E-state index in [4.69, 9.17) is 0 Å². The highest BCUT2D eigenvalue weighted by atomic mass is 16.3. The van der Waals surface area contributed by atoms with Crippen molar-refractivity contribution in [2.45, 2.75) is 18.9 Å². The van der Waals surface area contributed by atoms with Crippen LogP contribution in [0.25, 0.3) is 0 Å². The number of carbonyl (C=O) groups excluding carboxylic acids is 2. The van der Waals surface area contributed by atoms with Gasteiger partial charge in [0.2, 0.25) is 0 Å². The number of benzene rings is 4. The third-order valence-corrected chi connectivity index (χ3v) is 6.41. The first kappa shape index (κ1) is 23.9. The standard InChI is InChI=1S/C31H26N2O4/c34-26-18-12-22(13-19-26)29-28(27(35)20-11-21-7-3-1-4-8-21)30(36)31(37)33(29)25-16-14-24(15-17-25)32-23-9-5-2-6-10-23/h1-10,12-19,29,32,34,36H,11,20H2. The van der Waals surface area contributed by atoms with Gasteiger partial charge in [0.25, 0.3) is 5.91 Å². The van der Waals surface area contributed by atoms with Crippen LogP contribution in [0.4, 0.5) is 17.1 Å². The quantitative estimate of drug-likeness (QED) is 0.272. The van der Waals surface area contributed by atoms with Gasteiger partial charge in [0.15, 0.2) is 11.5 Å². The van der Waals surface area contributed by atoms with Crippen molar-refractivity contribution < 1.29 is 19.8 Å². The SMILES string of the molecule is O=C(CCc1ccccc1)C1=C(O)C(=O)N(c2ccc(Nc3ccccc3)cc2)C1c1ccc(O)cc1. The largest absolute Gasteiger partial charge is 0.508 e. The molecule has 0 bridgehead atoms. The van der Waals surface area contributed by atoms with Crippen LogP contribution in [0.3, 0.4) is 0 Å². The normalized spacial score (nSPS) is 15.2. The van der Waals surface area contributed by atoms with Crippen LogP contribution in [0.15, 0.2) is 121 Å². The van der Waals surface area contributed by atoms with Gasteiger partial charge < -0.3 is 15.5 Å². The van der Waals surface area contributed by atoms with Gasteiger partial charge >= 0.3 is 0 Å². The second kappa shape index (κ2) is 10.4. The second-order valence-electron chi connectivity index (χ2n) is 8.88. The minimum atomic E-state index is -0.815. The zero-order chi connectivity index (χ0) is 25.8. The van der Waals surface area contributed by atoms with E-state index in [0.717, 1.165) is 16.9 Å². The van der Waals surface area contributed by atoms with Crippen LogP contribution in [-0.4, -0.2) is 21.9 Å². The molecule has 1 unspecified atom stereocenters. The highest BCUT2D eigenvalue weighted by Gasteiger charge is 2.44. The van der Waals surface area contributed by atoms with Crippen LogP contribution >= 0.6 is 0 Å². The Morgan fingerprint density at radius 1 is 0.757 bits per heavy atom. The number of anilines is 3. The summed E-state index contributed by atoms with van der Waals surface area (Å²) in [6, 6.07) is 32.1. The van der Waals surface area contributed by atoms with Gasteiger partial charge in [0, 0.05) is 23.5 Å². The van der Waals surface area contributed by atoms with E-state index in [1.165, 1.54) is 17.0 Å². The second-order valence-corrected chi connectivity index (χ2v) is 8.88. The molecule has 0 saturated heterocycles. The molecule has 37 heavy (non-hydrogen) atoms. The Kier molecular flexibility index (Phi) is 6.72. The number of hydrogen-bond donors (Lipinski definition) is 3. The summed E-state index contributed by atoms with van der Waals surface area (Å²) in [5.74, 6) is -1.40. The molecular weight excluding hydrogens is 464 g/mol. The Morgan fingerprint density at radius 2 is 1.35 bits per heavy atom. The predicted molar refractivity (Wildman–Crippen MR) is 144 cm³/mol. The monoisotopic (exact) mass is 490 g/mol. The lowest BCUT2D eigenvalue weighted by Crippen LogP contribution is -2.31. The maximum absolute atomic E-state index is 13.4. The van der Waals surface area contributed by atoms with Crippen LogP contribution in [0.2, 0.25) is 0 Å². The van der Waals surface area contributed by atoms with Crippen molar-refractivity contribution in [3.05, 3.63) is 132 Å². The molecule has 0 aliphatic carbocycles. The van der Waals surface area contributed by atoms with Gasteiger partial charge in [-0.3, -0.25) is 14.5 Å². The average molecular weight is 491 g/mol. The molecule has 1 heterocycles. The number of rotatable bonds is 8. The number of nitrogens with one attached hydrogen (secondary N) is 1. The highest BCUT2D eigenvalue weighted by molar-refractivity contribution is 6.16. The number of nitrogens with zero attached hydrogens (tertiary/aromatic N) is 1. The lowest BCUT2D eigenvalue weighted by molar-refractivity contribution is -0.118. The number of aliphatic hydroxyl groups is 1. The zero-order valence-electron chi connectivity index (χ0n) is 20.0. The third kappa shape index (κ3) is 5.09. The summed E-state index contributed by atoms with van der Waals surface area (Å²) in [7, 11) is 0. The highest BCUT2D eigenvalue weighted by Crippen LogP contribution is 2.42. The minimum absolute atomic E-state index is 0.0677. The van der Waals surface area contributed by atoms with Gasteiger partial charge in [-0.15, -0.1) is 0 Å². The molecule has 1 atom stereocenters. The lowest BCUT2D eigenvalue weighted by atomic mass is 9.93. The molecule has 184 valence electrons. The Balaban J connectivity index is 1.45. The fourth-order valence-corrected chi connectivity index (χ4v) is 4.56. The Bertz CT molecular complexity index is 1430. The van der Waals surface area contributed by atoms with E-state index >= 15 is 0 Å². The molecule has 4 aromatic carbocycles. The summed E-state index contributed by atoms with van der Waals surface area (Å²) < 4.78 is 0. The number of phenolic OH excluding ortho intramolecular Hbond substituents is 1. The number of carbonyl (C=O) groups is 2. The molecule has 1 aliphatic rings. The molecular formula is C31H26N2O4. The average Bonchev–Trinajstić information content (AvgIpc) is 3.19. The summed E-state index contributed by atoms with van der Waals surface area (Å²) in [5.41, 5.74) is 3.99. The Hall–Kier alpha value is -4.84. The van der Waals surface area contributed by atoms with Gasteiger partial charge in [0.1, 0.15) is 5.75 Å². The molecule has 0 radical (unpaired) electrons. The Morgan fingerprint density at radius 3 is 2.00 bits per heavy atom. The first-order chi connectivity index (χ1) is 18.0. The van der Waals surface area contributed by atoms with E-state index in [-0.39, 0.29) is 23.5 Å². The molecule has 3 N–H and O–H groups in total. The van der Waals surface area contributed by atoms with Crippen molar-refractivity contribution in [1.82, 2.24) is 0 Å². The zero-order valence-corrected chi connectivity index (χ0v) is 20.0. The minimum Gasteiger partial charge on any atom is -0.508 e. The van der Waals surface area contributed by atoms with E-state index in [9.17, 15) is 19.8 Å². The van der Waals surface area contributed by atoms with Crippen molar-refractivity contribution in [3.8, 4) is 5.75 Å². The molecule has 1 aliphatic heterocycles. The molecule has 6 nitrogen and oxygen atoms in total. The fraction of sp³-hybridized carbons (Fsp3) is 0.0968. The Labute approximate surface area is 215 Å². The molecule has 5 rings (SSSR count). The smallest absolute Gasteiger partial charge is 0.294 e. The molecule has 0 aromatic heterocycles. The summed E-state index contributed by atoms with van der Waals surface area (Å²) in [4.78, 5) is 28.2. The van der Waals surface area contributed by atoms with Gasteiger partial charge in [-0.25, -0.2) is 0 Å². The first-order valence-corrected chi connectivity index (χ1v) is 12.1. The number of aryl methyl sites for hydroxylation is 1. The van der Waals surface area contributed by atoms with Crippen molar-refractivity contribution >= 4 is 28.8 Å². The van der Waals surface area contributed by atoms with Gasteiger partial charge in [-0.2, -0.15) is 0 Å². The molecule has 4 aromatic rings. The van der Waals surface area contributed by atoms with Gasteiger partial charge in [-0.05, 0) is 66.1 Å². The van der Waals surface area contributed by atoms with E-state index in [1.807, 2.05) is 72.8 Å². The summed E-state index contributed by atoms with van der Waals surface area (Å²) in [6.45, 7) is 0. The number of ketones is 1. The molecule has 0 spiro atoms. The number of hydrogen-bond acceptors (Lipinski definition) is 5. The van der Waals surface area contributed by atoms with E-state index in [1.54, 1.807) is 24.3 Å². The maximum atomic E-state index is 13.4. The number of aliphatic hydroxyl groups excluding tert-OH is 1. The predicted octanol–water partition coefficient (Wildman–Crippen LogP) is 6.24. The van der Waals surface area contributed by atoms with Crippen molar-refractivity contribution in [1.29, 1.82) is 0 Å². The van der Waals surface area contributed by atoms with Crippen molar-refractivity contribution in [2.75, 3.05) is 10.2 Å². The first-order valence-electron chi connectivity index (χ1n) is 12.1. The van der Waals surface area contributed by atoms with E-state index in [2.05, 4.69) is 5.32 Å². The number of amides is 1. The third-order valence-electron chi connectivity index (χ3n) is 6.41. The maximum Gasteiger partial charge on any atom is 0.294 e. The van der Waals surface area contributed by atoms with E-state index in [0.29, 0.717) is 17.7 Å². The number of aromatic hydroxyl groups is 1. The number of phenols is 1. The summed E-state index contributed by atoms with van der Waals surface area (Å²) >= 11 is 0. The van der Waals surface area contributed by atoms with Gasteiger partial charge in [0.05, 0.1) is 11.6 Å². The number of Topliss-reactive ketones (excluding diaryl/α,β-unsaturated/α-hetero) is 1. The fourth-order valence-electron chi connectivity index (χ4n) is 4.56. The van der Waals surface area contributed by atoms with Crippen LogP contribution in [0, 0.1) is 0 Å². The summed E-state index contributed by atoms with van der Waals surface area (Å²) in [6.07, 6.45) is 0.645. The van der Waals surface area contributed by atoms with Crippen LogP contribution in [0.1, 0.15) is 23.6 Å². The van der Waals surface area contributed by atoms with Crippen LogP contribution in [-0.2, 0) is 16.0 Å². The van der Waals surface area contributed by atoms with Gasteiger partial charge in [-0.1, -0.05) is 60.7 Å². The van der Waals surface area contributed by atoms with Crippen LogP contribution in [0.5, 0.6) is 5.75 Å². The van der Waals surface area contributed by atoms with Crippen molar-refractivity contribution in [2.24, 2.45) is 0 Å². The number of para-hydroxylation sites is 1. The molecule has 0 saturated carbocycles. The lowest BCUT2D eigenvalue weighted by Gasteiger charge is -2.27. The topological polar surface area (TPSA) is 89.9 Å². The van der Waals surface area contributed by atoms with Crippen molar-refractivity contribution in [3.63, 3.8) is 0 Å². The van der Waals surface area contributed by atoms with E-state index < -0.39 is 17.7 Å². The molecule has 0 fully saturated rings. The summed E-state index contributed by atoms with van der Waals surface area (Å²) in [5, 5.41) is 24.0. The molecule has 1 amide bonds. The molecule has 6 heteroatoms.